The first-order chi connectivity index (χ1) is 10.1. The Morgan fingerprint density at radius 2 is 1.95 bits per heavy atom. The molecule has 0 atom stereocenters. The Bertz CT molecular complexity index is 721. The van der Waals surface area contributed by atoms with E-state index in [1.54, 1.807) is 24.3 Å². The van der Waals surface area contributed by atoms with E-state index in [2.05, 4.69) is 10.4 Å². The van der Waals surface area contributed by atoms with Gasteiger partial charge in [-0.3, -0.25) is 10.1 Å². The number of hydrogen-bond acceptors (Lipinski definition) is 4. The molecule has 106 valence electrons. The second-order valence-corrected chi connectivity index (χ2v) is 4.80. The van der Waals surface area contributed by atoms with Crippen molar-refractivity contribution >= 4 is 29.8 Å². The zero-order valence-electron chi connectivity index (χ0n) is 10.7. The minimum absolute atomic E-state index is 0.0833. The van der Waals surface area contributed by atoms with E-state index in [-0.39, 0.29) is 12.5 Å². The minimum atomic E-state index is -0.541. The van der Waals surface area contributed by atoms with Gasteiger partial charge in [-0.15, -0.1) is 0 Å². The molecular formula is C14H10ClN3O3. The Morgan fingerprint density at radius 3 is 2.62 bits per heavy atom. The molecule has 1 saturated heterocycles. The Hall–Kier alpha value is -2.60. The third-order valence-corrected chi connectivity index (χ3v) is 3.11. The number of carbonyl (C=O) groups excluding carboxylic acids is 2. The highest BCUT2D eigenvalue weighted by atomic mass is 35.5. The van der Waals surface area contributed by atoms with E-state index < -0.39 is 6.03 Å². The number of nitrogens with zero attached hydrogens (tertiary/aromatic N) is 2. The lowest BCUT2D eigenvalue weighted by Crippen LogP contribution is -2.24. The summed E-state index contributed by atoms with van der Waals surface area (Å²) in [5.74, 6) is 0.764. The topological polar surface area (TPSA) is 74.9 Å². The summed E-state index contributed by atoms with van der Waals surface area (Å²) < 4.78 is 5.60. The summed E-state index contributed by atoms with van der Waals surface area (Å²) in [6.07, 6.45) is 1.39. The van der Waals surface area contributed by atoms with E-state index in [1.807, 2.05) is 12.1 Å². The van der Waals surface area contributed by atoms with Crippen molar-refractivity contribution in [3.05, 3.63) is 47.2 Å². The molecule has 3 rings (SSSR count). The molecule has 1 aromatic carbocycles. The largest absolute Gasteiger partial charge is 0.455 e. The van der Waals surface area contributed by atoms with Crippen LogP contribution in [0.2, 0.25) is 5.02 Å². The fourth-order valence-corrected chi connectivity index (χ4v) is 1.97. The van der Waals surface area contributed by atoms with E-state index in [4.69, 9.17) is 16.0 Å². The maximum Gasteiger partial charge on any atom is 0.344 e. The van der Waals surface area contributed by atoms with Crippen molar-refractivity contribution in [2.24, 2.45) is 5.10 Å². The van der Waals surface area contributed by atoms with Crippen LogP contribution in [0.4, 0.5) is 4.79 Å². The molecule has 0 spiro atoms. The first-order valence-electron chi connectivity index (χ1n) is 6.13. The highest BCUT2D eigenvalue weighted by Crippen LogP contribution is 2.23. The number of hydrogen-bond donors (Lipinski definition) is 1. The normalized spacial score (nSPS) is 15.0. The lowest BCUT2D eigenvalue weighted by molar-refractivity contribution is -0.118. The van der Waals surface area contributed by atoms with Crippen LogP contribution in [0.15, 0.2) is 45.9 Å². The Morgan fingerprint density at radius 1 is 1.19 bits per heavy atom. The molecule has 2 heterocycles. The van der Waals surface area contributed by atoms with Crippen molar-refractivity contribution in [2.75, 3.05) is 6.54 Å². The van der Waals surface area contributed by atoms with Gasteiger partial charge in [-0.2, -0.15) is 5.10 Å². The standard InChI is InChI=1S/C14H10ClN3O3/c15-10-3-1-9(2-4-10)12-6-5-11(21-12)7-16-18-8-13(19)17-14(18)20/h1-7H,8H2,(H,17,19,20). The van der Waals surface area contributed by atoms with Crippen molar-refractivity contribution in [1.82, 2.24) is 10.3 Å². The maximum absolute atomic E-state index is 11.3. The van der Waals surface area contributed by atoms with Crippen LogP contribution in [-0.4, -0.2) is 29.7 Å². The second-order valence-electron chi connectivity index (χ2n) is 4.36. The van der Waals surface area contributed by atoms with Crippen molar-refractivity contribution in [3.8, 4) is 11.3 Å². The third kappa shape index (κ3) is 2.95. The Balaban J connectivity index is 1.75. The smallest absolute Gasteiger partial charge is 0.344 e. The fourth-order valence-electron chi connectivity index (χ4n) is 1.84. The Labute approximate surface area is 125 Å². The average molecular weight is 304 g/mol. The number of amides is 3. The average Bonchev–Trinajstić information content (AvgIpc) is 3.04. The molecule has 6 nitrogen and oxygen atoms in total. The molecule has 0 aliphatic carbocycles. The van der Waals surface area contributed by atoms with Gasteiger partial charge in [0.1, 0.15) is 18.1 Å². The quantitative estimate of drug-likeness (QED) is 0.699. The number of imide groups is 1. The molecule has 1 N–H and O–H groups in total. The van der Waals surface area contributed by atoms with Crippen molar-refractivity contribution in [2.45, 2.75) is 0 Å². The SMILES string of the molecule is O=C1CN(N=Cc2ccc(-c3ccc(Cl)cc3)o2)C(=O)N1. The third-order valence-electron chi connectivity index (χ3n) is 2.85. The van der Waals surface area contributed by atoms with Gasteiger partial charge in [0.15, 0.2) is 0 Å². The predicted molar refractivity (Wildman–Crippen MR) is 77.0 cm³/mol. The monoisotopic (exact) mass is 303 g/mol. The Kier molecular flexibility index (Phi) is 3.45. The molecule has 1 fully saturated rings. The summed E-state index contributed by atoms with van der Waals surface area (Å²) in [7, 11) is 0. The fraction of sp³-hybridized carbons (Fsp3) is 0.0714. The van der Waals surface area contributed by atoms with Crippen LogP contribution in [-0.2, 0) is 4.79 Å². The van der Waals surface area contributed by atoms with Gasteiger partial charge in [0.05, 0.1) is 6.21 Å². The molecule has 0 radical (unpaired) electrons. The van der Waals surface area contributed by atoms with Crippen LogP contribution in [0.25, 0.3) is 11.3 Å². The van der Waals surface area contributed by atoms with Crippen molar-refractivity contribution in [3.63, 3.8) is 0 Å². The summed E-state index contributed by atoms with van der Waals surface area (Å²) in [5.41, 5.74) is 0.883. The van der Waals surface area contributed by atoms with E-state index in [0.717, 1.165) is 10.6 Å². The first kappa shape index (κ1) is 13.4. The molecule has 21 heavy (non-hydrogen) atoms. The molecule has 1 aliphatic heterocycles. The number of halogens is 1. The number of furan rings is 1. The highest BCUT2D eigenvalue weighted by molar-refractivity contribution is 6.30. The molecule has 0 bridgehead atoms. The van der Waals surface area contributed by atoms with Gasteiger partial charge in [-0.25, -0.2) is 9.80 Å². The van der Waals surface area contributed by atoms with Crippen LogP contribution < -0.4 is 5.32 Å². The van der Waals surface area contributed by atoms with Gasteiger partial charge >= 0.3 is 6.03 Å². The first-order valence-corrected chi connectivity index (χ1v) is 6.51. The van der Waals surface area contributed by atoms with E-state index >= 15 is 0 Å². The predicted octanol–water partition coefficient (Wildman–Crippen LogP) is 2.49. The second kappa shape index (κ2) is 5.41. The van der Waals surface area contributed by atoms with Gasteiger partial charge in [0.25, 0.3) is 0 Å². The van der Waals surface area contributed by atoms with Crippen molar-refractivity contribution < 1.29 is 14.0 Å². The van der Waals surface area contributed by atoms with E-state index in [9.17, 15) is 9.59 Å². The summed E-state index contributed by atoms with van der Waals surface area (Å²) in [5, 5.41) is 7.72. The van der Waals surface area contributed by atoms with Gasteiger partial charge in [-0.05, 0) is 36.4 Å². The molecule has 1 aromatic heterocycles. The van der Waals surface area contributed by atoms with Crippen molar-refractivity contribution in [1.29, 1.82) is 0 Å². The van der Waals surface area contributed by atoms with E-state index in [1.165, 1.54) is 6.21 Å². The summed E-state index contributed by atoms with van der Waals surface area (Å²) >= 11 is 5.83. The van der Waals surface area contributed by atoms with Crippen LogP contribution in [0.3, 0.4) is 0 Å². The number of benzene rings is 1. The lowest BCUT2D eigenvalue weighted by Gasteiger charge is -2.02. The highest BCUT2D eigenvalue weighted by Gasteiger charge is 2.25. The number of hydrazone groups is 1. The number of nitrogens with one attached hydrogen (secondary N) is 1. The molecular weight excluding hydrogens is 294 g/mol. The number of carbonyl (C=O) groups is 2. The van der Waals surface area contributed by atoms with Crippen LogP contribution in [0, 0.1) is 0 Å². The van der Waals surface area contributed by atoms with Crippen LogP contribution >= 0.6 is 11.6 Å². The molecule has 2 aromatic rings. The van der Waals surface area contributed by atoms with E-state index in [0.29, 0.717) is 16.5 Å². The zero-order valence-corrected chi connectivity index (χ0v) is 11.5. The summed E-state index contributed by atoms with van der Waals surface area (Å²) in [6.45, 7) is -0.0833. The minimum Gasteiger partial charge on any atom is -0.455 e. The van der Waals surface area contributed by atoms with Gasteiger partial charge in [0, 0.05) is 10.6 Å². The molecule has 7 heteroatoms. The number of urea groups is 1. The zero-order chi connectivity index (χ0) is 14.8. The summed E-state index contributed by atoms with van der Waals surface area (Å²) in [4.78, 5) is 22.3. The van der Waals surface area contributed by atoms with Gasteiger partial charge < -0.3 is 4.42 Å². The number of rotatable bonds is 3. The summed E-state index contributed by atoms with van der Waals surface area (Å²) in [6, 6.07) is 10.2. The maximum atomic E-state index is 11.3. The van der Waals surface area contributed by atoms with Crippen LogP contribution in [0.1, 0.15) is 5.76 Å². The lowest BCUT2D eigenvalue weighted by atomic mass is 10.2. The van der Waals surface area contributed by atoms with Crippen LogP contribution in [0.5, 0.6) is 0 Å². The molecule has 0 saturated carbocycles. The molecule has 3 amide bonds. The van der Waals surface area contributed by atoms with Gasteiger partial charge in [-0.1, -0.05) is 11.6 Å². The van der Waals surface area contributed by atoms with Gasteiger partial charge in [0.2, 0.25) is 5.91 Å². The molecule has 0 unspecified atom stereocenters. The molecule has 1 aliphatic rings.